The first-order valence-corrected chi connectivity index (χ1v) is 15.1. The number of esters is 1. The number of carboxylic acid groups (broad SMARTS) is 1. The maximum Gasteiger partial charge on any atom is 0.306 e. The molecular formula is C32H52O4. The second-order valence-electron chi connectivity index (χ2n) is 14.0. The molecular weight excluding hydrogens is 448 g/mol. The Labute approximate surface area is 220 Å². The van der Waals surface area contributed by atoms with Crippen molar-refractivity contribution in [3.63, 3.8) is 0 Å². The summed E-state index contributed by atoms with van der Waals surface area (Å²) in [5.41, 5.74) is 2.23. The quantitative estimate of drug-likeness (QED) is 0.257. The Kier molecular flexibility index (Phi) is 8.32. The standard InChI is InChI=1S/C32H52O4/c1-20(2)8-7-9-21(3)25-10-11-26-30-22(4)18-23-19-24(36-29(35)13-12-28(33)34)14-16-31(23,5)27(30)15-17-32(25,26)6/h18,20-22,24-27,30H,7-17,19H2,1-6H3,(H,33,34). The minimum atomic E-state index is -0.943. The van der Waals surface area contributed by atoms with E-state index in [0.29, 0.717) is 11.3 Å². The van der Waals surface area contributed by atoms with Gasteiger partial charge in [0, 0.05) is 6.42 Å². The van der Waals surface area contributed by atoms with Crippen molar-refractivity contribution in [1.82, 2.24) is 0 Å². The van der Waals surface area contributed by atoms with E-state index in [-0.39, 0.29) is 30.3 Å². The number of rotatable bonds is 9. The lowest BCUT2D eigenvalue weighted by Gasteiger charge is -2.60. The average molecular weight is 501 g/mol. The Morgan fingerprint density at radius 2 is 1.78 bits per heavy atom. The van der Waals surface area contributed by atoms with E-state index < -0.39 is 5.97 Å². The topological polar surface area (TPSA) is 63.6 Å². The predicted octanol–water partition coefficient (Wildman–Crippen LogP) is 8.05. The first-order valence-electron chi connectivity index (χ1n) is 15.1. The number of hydrogen-bond acceptors (Lipinski definition) is 3. The number of carboxylic acids is 1. The molecule has 3 fully saturated rings. The van der Waals surface area contributed by atoms with Gasteiger partial charge in [0.05, 0.1) is 12.8 Å². The summed E-state index contributed by atoms with van der Waals surface area (Å²) in [4.78, 5) is 23.0. The second-order valence-corrected chi connectivity index (χ2v) is 14.0. The molecule has 0 aromatic heterocycles. The van der Waals surface area contributed by atoms with E-state index in [9.17, 15) is 9.59 Å². The third-order valence-corrected chi connectivity index (χ3v) is 11.4. The molecule has 0 radical (unpaired) electrons. The molecule has 4 heteroatoms. The number of hydrogen-bond donors (Lipinski definition) is 1. The van der Waals surface area contributed by atoms with E-state index in [0.717, 1.165) is 54.8 Å². The van der Waals surface area contributed by atoms with Crippen molar-refractivity contribution in [2.24, 2.45) is 52.3 Å². The van der Waals surface area contributed by atoms with Gasteiger partial charge < -0.3 is 9.84 Å². The molecule has 36 heavy (non-hydrogen) atoms. The van der Waals surface area contributed by atoms with Gasteiger partial charge >= 0.3 is 11.9 Å². The van der Waals surface area contributed by atoms with Crippen LogP contribution in [0.1, 0.15) is 119 Å². The first kappa shape index (κ1) is 27.7. The number of allylic oxidation sites excluding steroid dienone is 1. The van der Waals surface area contributed by atoms with Crippen molar-refractivity contribution in [2.75, 3.05) is 0 Å². The molecule has 0 aromatic carbocycles. The average Bonchev–Trinajstić information content (AvgIpc) is 3.15. The summed E-state index contributed by atoms with van der Waals surface area (Å²) < 4.78 is 5.74. The van der Waals surface area contributed by atoms with Crippen LogP contribution in [0.2, 0.25) is 0 Å². The van der Waals surface area contributed by atoms with Crippen LogP contribution in [-0.2, 0) is 14.3 Å². The van der Waals surface area contributed by atoms with Crippen molar-refractivity contribution in [1.29, 1.82) is 0 Å². The van der Waals surface area contributed by atoms with Crippen LogP contribution >= 0.6 is 0 Å². The minimum absolute atomic E-state index is 0.0272. The number of carbonyl (C=O) groups excluding carboxylic acids is 1. The molecule has 1 N–H and O–H groups in total. The molecule has 0 bridgehead atoms. The highest BCUT2D eigenvalue weighted by molar-refractivity contribution is 5.76. The maximum atomic E-state index is 12.2. The predicted molar refractivity (Wildman–Crippen MR) is 144 cm³/mol. The second kappa shape index (κ2) is 10.8. The van der Waals surface area contributed by atoms with Crippen LogP contribution in [0.4, 0.5) is 0 Å². The number of ether oxygens (including phenoxy) is 1. The summed E-state index contributed by atoms with van der Waals surface area (Å²) in [5.74, 6) is 4.16. The zero-order chi connectivity index (χ0) is 26.3. The lowest BCUT2D eigenvalue weighted by Crippen LogP contribution is -2.53. The van der Waals surface area contributed by atoms with Gasteiger partial charge in [-0.25, -0.2) is 0 Å². The van der Waals surface area contributed by atoms with E-state index in [1.165, 1.54) is 50.5 Å². The van der Waals surface area contributed by atoms with Crippen molar-refractivity contribution >= 4 is 11.9 Å². The molecule has 204 valence electrons. The third-order valence-electron chi connectivity index (χ3n) is 11.4. The van der Waals surface area contributed by atoms with E-state index >= 15 is 0 Å². The van der Waals surface area contributed by atoms with Gasteiger partial charge in [-0.3, -0.25) is 9.59 Å². The number of aliphatic carboxylic acids is 1. The van der Waals surface area contributed by atoms with Gasteiger partial charge in [-0.15, -0.1) is 0 Å². The zero-order valence-corrected chi connectivity index (χ0v) is 23.9. The third kappa shape index (κ3) is 5.30. The van der Waals surface area contributed by atoms with Gasteiger partial charge in [0.25, 0.3) is 0 Å². The monoisotopic (exact) mass is 500 g/mol. The summed E-state index contributed by atoms with van der Waals surface area (Å²) in [6, 6.07) is 0. The Hall–Kier alpha value is -1.32. The molecule has 0 heterocycles. The van der Waals surface area contributed by atoms with E-state index in [1.807, 2.05) is 0 Å². The van der Waals surface area contributed by atoms with Gasteiger partial charge in [-0.1, -0.05) is 72.5 Å². The normalized spacial score (nSPS) is 40.6. The van der Waals surface area contributed by atoms with Crippen molar-refractivity contribution in [2.45, 2.75) is 125 Å². The highest BCUT2D eigenvalue weighted by Crippen LogP contribution is 2.68. The smallest absolute Gasteiger partial charge is 0.306 e. The minimum Gasteiger partial charge on any atom is -0.481 e. The van der Waals surface area contributed by atoms with E-state index in [2.05, 4.69) is 47.6 Å². The van der Waals surface area contributed by atoms with Gasteiger partial charge in [0.1, 0.15) is 6.10 Å². The fourth-order valence-corrected chi connectivity index (χ4v) is 9.56. The fraction of sp³-hybridized carbons (Fsp3) is 0.875. The lowest BCUT2D eigenvalue weighted by molar-refractivity contribution is -0.154. The van der Waals surface area contributed by atoms with Crippen LogP contribution in [0.15, 0.2) is 11.6 Å². The summed E-state index contributed by atoms with van der Waals surface area (Å²) in [6.07, 6.45) is 14.8. The molecule has 4 aliphatic rings. The molecule has 4 rings (SSSR count). The first-order chi connectivity index (χ1) is 17.0. The van der Waals surface area contributed by atoms with Crippen LogP contribution in [0, 0.1) is 52.3 Å². The van der Waals surface area contributed by atoms with Gasteiger partial charge in [-0.2, -0.15) is 0 Å². The molecule has 3 saturated carbocycles. The van der Waals surface area contributed by atoms with Crippen LogP contribution < -0.4 is 0 Å². The summed E-state index contributed by atoms with van der Waals surface area (Å²) in [5, 5.41) is 8.87. The highest BCUT2D eigenvalue weighted by atomic mass is 16.5. The molecule has 0 aromatic rings. The highest BCUT2D eigenvalue weighted by Gasteiger charge is 2.60. The Morgan fingerprint density at radius 3 is 2.47 bits per heavy atom. The van der Waals surface area contributed by atoms with Crippen molar-refractivity contribution in [3.05, 3.63) is 11.6 Å². The molecule has 9 unspecified atom stereocenters. The Bertz CT molecular complexity index is 845. The zero-order valence-electron chi connectivity index (χ0n) is 23.9. The number of carbonyl (C=O) groups is 2. The molecule has 0 saturated heterocycles. The molecule has 4 nitrogen and oxygen atoms in total. The van der Waals surface area contributed by atoms with Crippen LogP contribution in [-0.4, -0.2) is 23.1 Å². The van der Waals surface area contributed by atoms with Gasteiger partial charge in [-0.05, 0) is 90.8 Å². The van der Waals surface area contributed by atoms with E-state index in [1.54, 1.807) is 0 Å². The Morgan fingerprint density at radius 1 is 1.03 bits per heavy atom. The molecule has 0 spiro atoms. The van der Waals surface area contributed by atoms with Gasteiger partial charge in [0.15, 0.2) is 0 Å². The SMILES string of the molecule is CC(C)CCCC(C)C1CCC2C3C(C)C=C4CC(OC(=O)CCC(=O)O)CCC4(C)C3CCC12C. The van der Waals surface area contributed by atoms with Crippen molar-refractivity contribution in [3.8, 4) is 0 Å². The van der Waals surface area contributed by atoms with Crippen LogP contribution in [0.5, 0.6) is 0 Å². The molecule has 9 atom stereocenters. The summed E-state index contributed by atoms with van der Waals surface area (Å²) >= 11 is 0. The summed E-state index contributed by atoms with van der Waals surface area (Å²) in [6.45, 7) is 14.9. The fourth-order valence-electron chi connectivity index (χ4n) is 9.56. The lowest BCUT2D eigenvalue weighted by atomic mass is 9.45. The van der Waals surface area contributed by atoms with Crippen LogP contribution in [0.25, 0.3) is 0 Å². The molecule has 0 amide bonds. The van der Waals surface area contributed by atoms with E-state index in [4.69, 9.17) is 9.84 Å². The van der Waals surface area contributed by atoms with Gasteiger partial charge in [0.2, 0.25) is 0 Å². The number of fused-ring (bicyclic) bond motifs is 5. The van der Waals surface area contributed by atoms with Crippen molar-refractivity contribution < 1.29 is 19.4 Å². The van der Waals surface area contributed by atoms with Crippen LogP contribution in [0.3, 0.4) is 0 Å². The maximum absolute atomic E-state index is 12.2. The summed E-state index contributed by atoms with van der Waals surface area (Å²) in [7, 11) is 0. The molecule has 0 aliphatic heterocycles. The molecule has 4 aliphatic carbocycles. The largest absolute Gasteiger partial charge is 0.481 e. The Balaban J connectivity index is 1.45.